The average molecular weight is 355 g/mol. The number of esters is 1. The molecule has 0 bridgehead atoms. The summed E-state index contributed by atoms with van der Waals surface area (Å²) in [5, 5.41) is 2.76. The summed E-state index contributed by atoms with van der Waals surface area (Å²) in [7, 11) is 1.62. The number of carbonyl (C=O) groups excluding carboxylic acids is 2. The molecule has 0 heterocycles. The van der Waals surface area contributed by atoms with Crippen molar-refractivity contribution in [3.63, 3.8) is 0 Å². The van der Waals surface area contributed by atoms with Crippen LogP contribution in [0.1, 0.15) is 25.0 Å². The van der Waals surface area contributed by atoms with Crippen molar-refractivity contribution in [3.8, 4) is 5.75 Å². The van der Waals surface area contributed by atoms with E-state index in [1.807, 2.05) is 54.6 Å². The molecule has 0 aliphatic heterocycles. The van der Waals surface area contributed by atoms with Gasteiger partial charge < -0.3 is 14.8 Å². The van der Waals surface area contributed by atoms with Crippen molar-refractivity contribution in [1.29, 1.82) is 0 Å². The van der Waals surface area contributed by atoms with Crippen molar-refractivity contribution in [2.24, 2.45) is 0 Å². The van der Waals surface area contributed by atoms with Crippen LogP contribution in [-0.2, 0) is 26.2 Å². The van der Waals surface area contributed by atoms with Crippen LogP contribution in [-0.4, -0.2) is 32.1 Å². The molecule has 1 N–H and O–H groups in total. The summed E-state index contributed by atoms with van der Waals surface area (Å²) in [5.41, 5.74) is 1.14. The number of ether oxygens (including phenoxy) is 2. The summed E-state index contributed by atoms with van der Waals surface area (Å²) in [6, 6.07) is 17.0. The van der Waals surface area contributed by atoms with Crippen LogP contribution < -0.4 is 10.1 Å². The van der Waals surface area contributed by atoms with E-state index in [4.69, 9.17) is 9.47 Å². The summed E-state index contributed by atoms with van der Waals surface area (Å²) in [6.07, 6.45) is 0.694. The minimum absolute atomic E-state index is 0.280. The molecule has 2 aromatic rings. The van der Waals surface area contributed by atoms with Crippen LogP contribution in [0.25, 0.3) is 0 Å². The summed E-state index contributed by atoms with van der Waals surface area (Å²) < 4.78 is 10.3. The van der Waals surface area contributed by atoms with E-state index in [1.54, 1.807) is 21.0 Å². The van der Waals surface area contributed by atoms with Crippen molar-refractivity contribution >= 4 is 11.9 Å². The van der Waals surface area contributed by atoms with E-state index in [-0.39, 0.29) is 12.5 Å². The normalized spacial score (nSPS) is 10.9. The van der Waals surface area contributed by atoms with Gasteiger partial charge in [-0.1, -0.05) is 42.5 Å². The Morgan fingerprint density at radius 1 is 1.00 bits per heavy atom. The highest BCUT2D eigenvalue weighted by Gasteiger charge is 2.31. The number of nitrogens with one attached hydrogen (secondary N) is 1. The Kier molecular flexibility index (Phi) is 6.78. The third-order valence-electron chi connectivity index (χ3n) is 4.24. The Balaban J connectivity index is 1.74. The minimum atomic E-state index is -0.801. The topological polar surface area (TPSA) is 64.6 Å². The van der Waals surface area contributed by atoms with Gasteiger partial charge in [0.05, 0.1) is 12.5 Å². The lowest BCUT2D eigenvalue weighted by molar-refractivity contribution is -0.153. The summed E-state index contributed by atoms with van der Waals surface area (Å²) >= 11 is 0. The Bertz CT molecular complexity index is 723. The third-order valence-corrected chi connectivity index (χ3v) is 4.24. The van der Waals surface area contributed by atoms with Crippen LogP contribution in [0.4, 0.5) is 0 Å². The van der Waals surface area contributed by atoms with Crippen LogP contribution in [0, 0.1) is 0 Å². The van der Waals surface area contributed by atoms with Crippen molar-refractivity contribution in [3.05, 3.63) is 65.7 Å². The fourth-order valence-corrected chi connectivity index (χ4v) is 2.47. The van der Waals surface area contributed by atoms with Crippen LogP contribution >= 0.6 is 0 Å². The fourth-order valence-electron chi connectivity index (χ4n) is 2.47. The largest absolute Gasteiger partial charge is 0.497 e. The van der Waals surface area contributed by atoms with Gasteiger partial charge in [-0.2, -0.15) is 0 Å². The smallest absolute Gasteiger partial charge is 0.316 e. The molecule has 0 fully saturated rings. The number of methoxy groups -OCH3 is 1. The molecule has 0 atom stereocenters. The second-order valence-corrected chi connectivity index (χ2v) is 6.52. The van der Waals surface area contributed by atoms with Crippen molar-refractivity contribution in [2.45, 2.75) is 25.7 Å². The molecule has 0 aliphatic rings. The molecule has 0 radical (unpaired) electrons. The highest BCUT2D eigenvalue weighted by atomic mass is 16.5. The van der Waals surface area contributed by atoms with Crippen LogP contribution in [0.3, 0.4) is 0 Å². The lowest BCUT2D eigenvalue weighted by atomic mass is 9.85. The second kappa shape index (κ2) is 9.04. The zero-order valence-electron chi connectivity index (χ0n) is 15.5. The van der Waals surface area contributed by atoms with Gasteiger partial charge in [0.15, 0.2) is 6.61 Å². The van der Waals surface area contributed by atoms with Gasteiger partial charge in [0.2, 0.25) is 0 Å². The number of rotatable bonds is 8. The lowest BCUT2D eigenvalue weighted by Crippen LogP contribution is -2.36. The summed E-state index contributed by atoms with van der Waals surface area (Å²) in [5.74, 6) is 0.0652. The molecule has 0 saturated carbocycles. The summed E-state index contributed by atoms with van der Waals surface area (Å²) in [6.45, 7) is 3.76. The first-order chi connectivity index (χ1) is 12.4. The van der Waals surface area contributed by atoms with Gasteiger partial charge in [-0.25, -0.2) is 0 Å². The van der Waals surface area contributed by atoms with E-state index in [2.05, 4.69) is 5.32 Å². The molecular weight excluding hydrogens is 330 g/mol. The number of carbonyl (C=O) groups is 2. The Hall–Kier alpha value is -2.82. The van der Waals surface area contributed by atoms with Gasteiger partial charge in [0, 0.05) is 6.54 Å². The van der Waals surface area contributed by atoms with Crippen LogP contribution in [0.15, 0.2) is 54.6 Å². The molecule has 1 amide bonds. The van der Waals surface area contributed by atoms with Gasteiger partial charge in [-0.3, -0.25) is 9.59 Å². The molecule has 5 nitrogen and oxygen atoms in total. The van der Waals surface area contributed by atoms with Gasteiger partial charge in [-0.05, 0) is 43.5 Å². The second-order valence-electron chi connectivity index (χ2n) is 6.52. The zero-order chi connectivity index (χ0) is 19.0. The Labute approximate surface area is 154 Å². The van der Waals surface area contributed by atoms with E-state index in [9.17, 15) is 9.59 Å². The average Bonchev–Trinajstić information content (AvgIpc) is 2.67. The van der Waals surface area contributed by atoms with Gasteiger partial charge in [0.25, 0.3) is 5.91 Å². The molecule has 138 valence electrons. The maximum absolute atomic E-state index is 12.3. The fraction of sp³-hybridized carbons (Fsp3) is 0.333. The van der Waals surface area contributed by atoms with E-state index >= 15 is 0 Å². The third kappa shape index (κ3) is 5.34. The Morgan fingerprint density at radius 3 is 2.27 bits per heavy atom. The standard InChI is InChI=1S/C21H25NO4/c1-21(2,17-7-5-4-6-8-17)20(24)26-15-19(23)22-14-13-16-9-11-18(25-3)12-10-16/h4-12H,13-15H2,1-3H3,(H,22,23). The SMILES string of the molecule is COc1ccc(CCNC(=O)COC(=O)C(C)(C)c2ccccc2)cc1. The van der Waals surface area contributed by atoms with Gasteiger partial charge in [0.1, 0.15) is 5.75 Å². The molecule has 26 heavy (non-hydrogen) atoms. The van der Waals surface area contributed by atoms with E-state index in [0.29, 0.717) is 13.0 Å². The highest BCUT2D eigenvalue weighted by Crippen LogP contribution is 2.24. The quantitative estimate of drug-likeness (QED) is 0.740. The predicted octanol–water partition coefficient (Wildman–Crippen LogP) is 2.87. The number of hydrogen-bond acceptors (Lipinski definition) is 4. The van der Waals surface area contributed by atoms with Crippen molar-refractivity contribution in [2.75, 3.05) is 20.3 Å². The Morgan fingerprint density at radius 2 is 1.65 bits per heavy atom. The number of hydrogen-bond donors (Lipinski definition) is 1. The van der Waals surface area contributed by atoms with Gasteiger partial charge in [-0.15, -0.1) is 0 Å². The number of benzene rings is 2. The molecule has 2 rings (SSSR count). The lowest BCUT2D eigenvalue weighted by Gasteiger charge is -2.22. The maximum atomic E-state index is 12.3. The van der Waals surface area contributed by atoms with E-state index in [1.165, 1.54) is 0 Å². The first kappa shape index (κ1) is 19.5. The zero-order valence-corrected chi connectivity index (χ0v) is 15.5. The molecule has 0 aromatic heterocycles. The highest BCUT2D eigenvalue weighted by molar-refractivity contribution is 5.85. The molecule has 0 unspecified atom stereocenters. The molecular formula is C21H25NO4. The van der Waals surface area contributed by atoms with Gasteiger partial charge >= 0.3 is 5.97 Å². The van der Waals surface area contributed by atoms with E-state index in [0.717, 1.165) is 16.9 Å². The molecule has 0 aliphatic carbocycles. The first-order valence-electron chi connectivity index (χ1n) is 8.56. The molecule has 0 spiro atoms. The monoisotopic (exact) mass is 355 g/mol. The predicted molar refractivity (Wildman–Crippen MR) is 100 cm³/mol. The van der Waals surface area contributed by atoms with Crippen molar-refractivity contribution < 1.29 is 19.1 Å². The van der Waals surface area contributed by atoms with Crippen LogP contribution in [0.2, 0.25) is 0 Å². The van der Waals surface area contributed by atoms with Crippen molar-refractivity contribution in [1.82, 2.24) is 5.32 Å². The summed E-state index contributed by atoms with van der Waals surface area (Å²) in [4.78, 5) is 24.2. The first-order valence-corrected chi connectivity index (χ1v) is 8.56. The molecule has 0 saturated heterocycles. The maximum Gasteiger partial charge on any atom is 0.316 e. The van der Waals surface area contributed by atoms with Crippen LogP contribution in [0.5, 0.6) is 5.75 Å². The van der Waals surface area contributed by atoms with E-state index < -0.39 is 11.4 Å². The molecule has 5 heteroatoms. The number of amides is 1. The minimum Gasteiger partial charge on any atom is -0.497 e. The molecule has 2 aromatic carbocycles.